The molecule has 4 rings (SSSR count). The molecule has 1 aliphatic heterocycles. The standard InChI is InChI=1S/C25H32N6OS/c1-3-20-5-4-6-22(17-20)27-24(32)26-11-12-30-13-15-31(16-14-30)25-28-23(29-33-25)18-21-9-7-19(2)8-10-21/h4-10,17H,3,11-16,18H2,1-2H3,(H2,26,27,32). The highest BCUT2D eigenvalue weighted by atomic mass is 32.1. The van der Waals surface area contributed by atoms with Crippen LogP contribution in [0.5, 0.6) is 0 Å². The summed E-state index contributed by atoms with van der Waals surface area (Å²) in [7, 11) is 0. The summed E-state index contributed by atoms with van der Waals surface area (Å²) in [6.07, 6.45) is 1.72. The topological polar surface area (TPSA) is 73.4 Å². The van der Waals surface area contributed by atoms with Crippen molar-refractivity contribution < 1.29 is 4.79 Å². The van der Waals surface area contributed by atoms with Gasteiger partial charge < -0.3 is 15.5 Å². The first-order chi connectivity index (χ1) is 16.1. The summed E-state index contributed by atoms with van der Waals surface area (Å²) in [5.74, 6) is 0.890. The van der Waals surface area contributed by atoms with Crippen LogP contribution in [0.25, 0.3) is 0 Å². The van der Waals surface area contributed by atoms with Gasteiger partial charge in [0.15, 0.2) is 0 Å². The normalized spacial score (nSPS) is 14.3. The molecule has 7 nitrogen and oxygen atoms in total. The summed E-state index contributed by atoms with van der Waals surface area (Å²) in [6.45, 7) is 9.42. The van der Waals surface area contributed by atoms with Crippen LogP contribution in [0.1, 0.15) is 29.4 Å². The molecule has 174 valence electrons. The molecule has 1 aliphatic rings. The smallest absolute Gasteiger partial charge is 0.319 e. The Kier molecular flexibility index (Phi) is 7.91. The fourth-order valence-corrected chi connectivity index (χ4v) is 4.60. The van der Waals surface area contributed by atoms with Crippen LogP contribution in [0.4, 0.5) is 15.6 Å². The monoisotopic (exact) mass is 464 g/mol. The number of aryl methyl sites for hydroxylation is 2. The lowest BCUT2D eigenvalue weighted by Gasteiger charge is -2.34. The van der Waals surface area contributed by atoms with Crippen molar-refractivity contribution in [3.8, 4) is 0 Å². The number of nitrogens with zero attached hydrogens (tertiary/aromatic N) is 4. The lowest BCUT2D eigenvalue weighted by molar-refractivity contribution is 0.240. The molecule has 0 saturated carbocycles. The lowest BCUT2D eigenvalue weighted by atomic mass is 10.1. The van der Waals surface area contributed by atoms with Gasteiger partial charge in [-0.15, -0.1) is 0 Å². The highest BCUT2D eigenvalue weighted by Crippen LogP contribution is 2.20. The number of urea groups is 1. The summed E-state index contributed by atoms with van der Waals surface area (Å²) in [6, 6.07) is 16.4. The maximum Gasteiger partial charge on any atom is 0.319 e. The summed E-state index contributed by atoms with van der Waals surface area (Å²) in [5.41, 5.74) is 4.55. The minimum absolute atomic E-state index is 0.156. The Balaban J connectivity index is 1.17. The van der Waals surface area contributed by atoms with Gasteiger partial charge in [0.05, 0.1) is 0 Å². The van der Waals surface area contributed by atoms with E-state index in [4.69, 9.17) is 4.98 Å². The maximum atomic E-state index is 12.2. The first kappa shape index (κ1) is 23.2. The minimum Gasteiger partial charge on any atom is -0.344 e. The van der Waals surface area contributed by atoms with E-state index < -0.39 is 0 Å². The predicted molar refractivity (Wildman–Crippen MR) is 135 cm³/mol. The largest absolute Gasteiger partial charge is 0.344 e. The van der Waals surface area contributed by atoms with E-state index in [1.54, 1.807) is 0 Å². The first-order valence-corrected chi connectivity index (χ1v) is 12.4. The maximum absolute atomic E-state index is 12.2. The quantitative estimate of drug-likeness (QED) is 0.528. The highest BCUT2D eigenvalue weighted by molar-refractivity contribution is 7.09. The minimum atomic E-state index is -0.156. The van der Waals surface area contributed by atoms with Gasteiger partial charge in [0.1, 0.15) is 5.82 Å². The summed E-state index contributed by atoms with van der Waals surface area (Å²) >= 11 is 1.49. The van der Waals surface area contributed by atoms with Gasteiger partial charge >= 0.3 is 6.03 Å². The molecule has 0 unspecified atom stereocenters. The molecule has 2 amide bonds. The number of nitrogens with one attached hydrogen (secondary N) is 2. The van der Waals surface area contributed by atoms with Gasteiger partial charge in [-0.1, -0.05) is 48.9 Å². The molecule has 1 aromatic heterocycles. The molecule has 3 aromatic rings. The van der Waals surface area contributed by atoms with E-state index in [-0.39, 0.29) is 6.03 Å². The van der Waals surface area contributed by atoms with Gasteiger partial charge in [0.25, 0.3) is 0 Å². The zero-order valence-corrected chi connectivity index (χ0v) is 20.2. The molecule has 1 saturated heterocycles. The molecule has 0 bridgehead atoms. The van der Waals surface area contributed by atoms with Gasteiger partial charge in [-0.2, -0.15) is 4.37 Å². The van der Waals surface area contributed by atoms with Crippen molar-refractivity contribution in [1.82, 2.24) is 19.6 Å². The predicted octanol–water partition coefficient (Wildman–Crippen LogP) is 3.94. The number of aromatic nitrogens is 2. The van der Waals surface area contributed by atoms with Crippen molar-refractivity contribution in [2.45, 2.75) is 26.7 Å². The van der Waals surface area contributed by atoms with Crippen LogP contribution in [0, 0.1) is 6.92 Å². The van der Waals surface area contributed by atoms with Crippen molar-refractivity contribution in [3.63, 3.8) is 0 Å². The average Bonchev–Trinajstić information content (AvgIpc) is 3.29. The number of rotatable bonds is 8. The number of carbonyl (C=O) groups is 1. The van der Waals surface area contributed by atoms with Crippen molar-refractivity contribution in [3.05, 3.63) is 71.0 Å². The number of amides is 2. The average molecular weight is 465 g/mol. The molecular formula is C25H32N6OS. The second-order valence-corrected chi connectivity index (χ2v) is 9.15. The van der Waals surface area contributed by atoms with E-state index in [0.717, 1.165) is 62.2 Å². The second-order valence-electron chi connectivity index (χ2n) is 8.42. The molecule has 1 fully saturated rings. The molecule has 2 aromatic carbocycles. The second kappa shape index (κ2) is 11.2. The van der Waals surface area contributed by atoms with E-state index in [9.17, 15) is 4.79 Å². The molecule has 2 heterocycles. The van der Waals surface area contributed by atoms with Gasteiger partial charge in [-0.3, -0.25) is 4.90 Å². The highest BCUT2D eigenvalue weighted by Gasteiger charge is 2.20. The number of hydrogen-bond acceptors (Lipinski definition) is 6. The summed E-state index contributed by atoms with van der Waals surface area (Å²) < 4.78 is 4.56. The molecule has 33 heavy (non-hydrogen) atoms. The van der Waals surface area contributed by atoms with E-state index >= 15 is 0 Å². The summed E-state index contributed by atoms with van der Waals surface area (Å²) in [4.78, 5) is 21.6. The Morgan fingerprint density at radius 3 is 2.61 bits per heavy atom. The Labute approximate surface area is 200 Å². The van der Waals surface area contributed by atoms with Crippen LogP contribution in [0.3, 0.4) is 0 Å². The molecule has 2 N–H and O–H groups in total. The van der Waals surface area contributed by atoms with E-state index in [2.05, 4.69) is 69.0 Å². The van der Waals surface area contributed by atoms with Gasteiger partial charge in [-0.25, -0.2) is 9.78 Å². The Morgan fingerprint density at radius 1 is 1.06 bits per heavy atom. The van der Waals surface area contributed by atoms with Crippen molar-refractivity contribution in [1.29, 1.82) is 0 Å². The number of piperazine rings is 1. The van der Waals surface area contributed by atoms with E-state index in [0.29, 0.717) is 6.54 Å². The fraction of sp³-hybridized carbons (Fsp3) is 0.400. The number of hydrogen-bond donors (Lipinski definition) is 2. The van der Waals surface area contributed by atoms with Crippen molar-refractivity contribution in [2.75, 3.05) is 49.5 Å². The van der Waals surface area contributed by atoms with Gasteiger partial charge in [-0.05, 0) is 36.6 Å². The Hall–Kier alpha value is -2.97. The van der Waals surface area contributed by atoms with Gasteiger partial charge in [0, 0.05) is 62.9 Å². The summed E-state index contributed by atoms with van der Waals surface area (Å²) in [5, 5.41) is 6.88. The third-order valence-electron chi connectivity index (χ3n) is 5.89. The van der Waals surface area contributed by atoms with Crippen LogP contribution in [0.15, 0.2) is 48.5 Å². The molecule has 0 radical (unpaired) electrons. The van der Waals surface area contributed by atoms with Crippen LogP contribution in [0.2, 0.25) is 0 Å². The fourth-order valence-electron chi connectivity index (χ4n) is 3.87. The van der Waals surface area contributed by atoms with Crippen molar-refractivity contribution in [2.24, 2.45) is 0 Å². The lowest BCUT2D eigenvalue weighted by Crippen LogP contribution is -2.48. The van der Waals surface area contributed by atoms with Crippen LogP contribution in [-0.4, -0.2) is 59.6 Å². The number of carbonyl (C=O) groups excluding carboxylic acids is 1. The van der Waals surface area contributed by atoms with Crippen LogP contribution >= 0.6 is 11.5 Å². The number of benzene rings is 2. The zero-order chi connectivity index (χ0) is 23.0. The van der Waals surface area contributed by atoms with Gasteiger partial charge in [0.2, 0.25) is 5.13 Å². The number of anilines is 2. The SMILES string of the molecule is CCc1cccc(NC(=O)NCCN2CCN(c3nc(Cc4ccc(C)cc4)ns3)CC2)c1. The molecule has 0 aliphatic carbocycles. The van der Waals surface area contributed by atoms with Crippen molar-refractivity contribution >= 4 is 28.4 Å². The van der Waals surface area contributed by atoms with E-state index in [1.807, 2.05) is 18.2 Å². The Morgan fingerprint density at radius 2 is 1.85 bits per heavy atom. The van der Waals surface area contributed by atoms with Crippen LogP contribution in [-0.2, 0) is 12.8 Å². The molecule has 8 heteroatoms. The molecular weight excluding hydrogens is 432 g/mol. The Bertz CT molecular complexity index is 1040. The molecule has 0 spiro atoms. The zero-order valence-electron chi connectivity index (χ0n) is 19.4. The first-order valence-electron chi connectivity index (χ1n) is 11.6. The third kappa shape index (κ3) is 6.76. The van der Waals surface area contributed by atoms with Crippen LogP contribution < -0.4 is 15.5 Å². The third-order valence-corrected chi connectivity index (χ3v) is 6.70. The van der Waals surface area contributed by atoms with E-state index in [1.165, 1.54) is 28.2 Å². The molecule has 0 atom stereocenters.